The van der Waals surface area contributed by atoms with Crippen molar-refractivity contribution < 1.29 is 38.5 Å². The molecule has 3 aromatic carbocycles. The van der Waals surface area contributed by atoms with Gasteiger partial charge in [-0.05, 0) is 67.4 Å². The summed E-state index contributed by atoms with van der Waals surface area (Å²) in [6, 6.07) is 26.7. The van der Waals surface area contributed by atoms with Gasteiger partial charge in [0, 0.05) is 24.1 Å². The van der Waals surface area contributed by atoms with Crippen LogP contribution in [0, 0.1) is 22.7 Å². The van der Waals surface area contributed by atoms with Crippen LogP contribution in [0.3, 0.4) is 0 Å². The number of carbonyl (C=O) groups excluding carboxylic acids is 2. The SMILES string of the molecule is CC1(C)C[C@@H]2C(=Cc3ccccc3CN3O[C@@H]4[C@H]5OC(c6ccccc6)(c6ccccc6)O[C@H]5[C@H]5C[C@]4(C(=O)NCCO)[C@@H]3C(=O)O5)CCC3O[C@]3(C)CC[C@H]21. The van der Waals surface area contributed by atoms with Crippen molar-refractivity contribution in [3.05, 3.63) is 113 Å². The molecule has 3 aliphatic carbocycles. The van der Waals surface area contributed by atoms with Crippen molar-refractivity contribution >= 4 is 18.0 Å². The summed E-state index contributed by atoms with van der Waals surface area (Å²) >= 11 is 0. The summed E-state index contributed by atoms with van der Waals surface area (Å²) in [4.78, 5) is 35.8. The minimum Gasteiger partial charge on any atom is -0.458 e. The summed E-state index contributed by atoms with van der Waals surface area (Å²) < 4.78 is 26.6. The molecule has 2 N–H and O–H groups in total. The van der Waals surface area contributed by atoms with Crippen LogP contribution in [0.5, 0.6) is 0 Å². The third kappa shape index (κ3) is 5.58. The van der Waals surface area contributed by atoms with E-state index in [1.54, 1.807) is 5.06 Å². The van der Waals surface area contributed by atoms with E-state index in [1.807, 2.05) is 66.7 Å². The number of benzene rings is 3. The van der Waals surface area contributed by atoms with E-state index in [9.17, 15) is 14.7 Å². The van der Waals surface area contributed by atoms with Crippen LogP contribution < -0.4 is 5.32 Å². The van der Waals surface area contributed by atoms with Crippen molar-refractivity contribution in [2.45, 2.75) is 114 Å². The molecule has 10 heteroatoms. The van der Waals surface area contributed by atoms with E-state index in [1.165, 1.54) is 18.4 Å². The van der Waals surface area contributed by atoms with Gasteiger partial charge in [-0.2, -0.15) is 5.06 Å². The Bertz CT molecular complexity index is 2000. The van der Waals surface area contributed by atoms with Gasteiger partial charge in [0.15, 0.2) is 6.04 Å². The maximum atomic E-state index is 14.5. The molecule has 7 fully saturated rings. The zero-order valence-electron chi connectivity index (χ0n) is 32.4. The largest absolute Gasteiger partial charge is 0.458 e. The highest BCUT2D eigenvalue weighted by atomic mass is 16.8. The molecule has 0 radical (unpaired) electrons. The summed E-state index contributed by atoms with van der Waals surface area (Å²) in [6.45, 7) is 7.15. The molecule has 1 unspecified atom stereocenters. The molecule has 4 heterocycles. The number of amides is 1. The number of carbonyl (C=O) groups is 2. The zero-order chi connectivity index (χ0) is 38.5. The number of ether oxygens (including phenoxy) is 4. The molecule has 4 aliphatic heterocycles. The lowest BCUT2D eigenvalue weighted by Crippen LogP contribution is -2.69. The van der Waals surface area contributed by atoms with Crippen LogP contribution in [-0.4, -0.2) is 77.4 Å². The Morgan fingerprint density at radius 3 is 2.30 bits per heavy atom. The third-order valence-corrected chi connectivity index (χ3v) is 14.4. The molecule has 3 aromatic rings. The first kappa shape index (κ1) is 36.4. The molecule has 294 valence electrons. The molecule has 0 spiro atoms. The van der Waals surface area contributed by atoms with Crippen LogP contribution in [0.1, 0.15) is 81.5 Å². The van der Waals surface area contributed by atoms with Gasteiger partial charge >= 0.3 is 5.97 Å². The van der Waals surface area contributed by atoms with E-state index < -0.39 is 47.6 Å². The van der Waals surface area contributed by atoms with Crippen molar-refractivity contribution in [3.63, 3.8) is 0 Å². The van der Waals surface area contributed by atoms with E-state index in [0.29, 0.717) is 23.4 Å². The molecule has 10 nitrogen and oxygen atoms in total. The molecule has 2 bridgehead atoms. The zero-order valence-corrected chi connectivity index (χ0v) is 32.4. The van der Waals surface area contributed by atoms with Crippen molar-refractivity contribution in [1.29, 1.82) is 0 Å². The number of nitrogens with zero attached hydrogens (tertiary/aromatic N) is 1. The maximum absolute atomic E-state index is 14.5. The maximum Gasteiger partial charge on any atom is 0.327 e. The fraction of sp³-hybridized carbons (Fsp3) is 0.522. The molecule has 10 rings (SSSR count). The van der Waals surface area contributed by atoms with E-state index in [2.05, 4.69) is 50.4 Å². The smallest absolute Gasteiger partial charge is 0.327 e. The molecule has 7 aliphatic rings. The minimum absolute atomic E-state index is 0.00935. The van der Waals surface area contributed by atoms with Crippen LogP contribution in [-0.2, 0) is 45.7 Å². The van der Waals surface area contributed by atoms with Gasteiger partial charge in [-0.25, -0.2) is 0 Å². The molecule has 3 saturated carbocycles. The lowest BCUT2D eigenvalue weighted by molar-refractivity contribution is -0.213. The van der Waals surface area contributed by atoms with Gasteiger partial charge in [-0.15, -0.1) is 0 Å². The molecule has 56 heavy (non-hydrogen) atoms. The lowest BCUT2D eigenvalue weighted by atomic mass is 9.52. The van der Waals surface area contributed by atoms with E-state index in [-0.39, 0.29) is 37.6 Å². The highest BCUT2D eigenvalue weighted by Crippen LogP contribution is 2.61. The van der Waals surface area contributed by atoms with Gasteiger partial charge in [-0.1, -0.05) is 110 Å². The van der Waals surface area contributed by atoms with Gasteiger partial charge in [0.2, 0.25) is 11.7 Å². The average molecular weight is 761 g/mol. The second-order valence-corrected chi connectivity index (χ2v) is 18.0. The van der Waals surface area contributed by atoms with Gasteiger partial charge < -0.3 is 29.4 Å². The number of nitrogens with one attached hydrogen (secondary N) is 1. The lowest BCUT2D eigenvalue weighted by Gasteiger charge is -2.53. The number of hydrogen-bond acceptors (Lipinski definition) is 9. The number of epoxide rings is 1. The third-order valence-electron chi connectivity index (χ3n) is 14.4. The minimum atomic E-state index is -1.35. The highest BCUT2D eigenvalue weighted by molar-refractivity contribution is 5.93. The van der Waals surface area contributed by atoms with Crippen molar-refractivity contribution in [3.8, 4) is 0 Å². The molecule has 10 atom stereocenters. The van der Waals surface area contributed by atoms with Crippen LogP contribution in [0.2, 0.25) is 0 Å². The molecule has 0 aromatic heterocycles. The molecule has 4 saturated heterocycles. The number of hydrogen-bond donors (Lipinski definition) is 2. The van der Waals surface area contributed by atoms with Gasteiger partial charge in [-0.3, -0.25) is 14.4 Å². The monoisotopic (exact) mass is 760 g/mol. The van der Waals surface area contributed by atoms with Crippen LogP contribution in [0.4, 0.5) is 0 Å². The van der Waals surface area contributed by atoms with Gasteiger partial charge in [0.25, 0.3) is 0 Å². The van der Waals surface area contributed by atoms with Crippen molar-refractivity contribution in [2.75, 3.05) is 13.2 Å². The number of hydroxylamine groups is 2. The fourth-order valence-electron chi connectivity index (χ4n) is 11.4. The summed E-state index contributed by atoms with van der Waals surface area (Å²) in [5, 5.41) is 14.3. The Kier molecular flexibility index (Phi) is 8.67. The first-order chi connectivity index (χ1) is 27.1. The first-order valence-corrected chi connectivity index (χ1v) is 20.5. The Morgan fingerprint density at radius 2 is 1.59 bits per heavy atom. The van der Waals surface area contributed by atoms with Crippen molar-refractivity contribution in [1.82, 2.24) is 10.4 Å². The van der Waals surface area contributed by atoms with Crippen LogP contribution in [0.25, 0.3) is 6.08 Å². The van der Waals surface area contributed by atoms with E-state index >= 15 is 0 Å². The normalized spacial score (nSPS) is 38.1. The number of fused-ring (bicyclic) bond motifs is 6. The van der Waals surface area contributed by atoms with Crippen molar-refractivity contribution in [2.24, 2.45) is 22.7 Å². The predicted octanol–water partition coefficient (Wildman–Crippen LogP) is 6.06. The summed E-state index contributed by atoms with van der Waals surface area (Å²) in [7, 11) is 0. The number of aliphatic hydroxyl groups is 1. The van der Waals surface area contributed by atoms with Gasteiger partial charge in [0.1, 0.15) is 29.8 Å². The van der Waals surface area contributed by atoms with Crippen LogP contribution in [0.15, 0.2) is 90.5 Å². The Morgan fingerprint density at radius 1 is 0.893 bits per heavy atom. The standard InChI is InChI=1S/C46H52N2O8/c1-43(2)25-33-29(18-19-36-44(3,53-36)21-20-34(33)43)24-28-12-10-11-13-30(28)27-48-39-41(50)52-35-26-45(39,42(51)47-22-23-49)40(56-48)38-37(35)54-46(55-38,31-14-6-4-7-15-31)32-16-8-5-9-17-32/h4-17,24,33-40,49H,18-23,25-27H2,1-3H3,(H,47,51)/t33-,34-,35-,36?,37+,38+,39+,40-,44-,45+/m1/s1. The number of esters is 1. The summed E-state index contributed by atoms with van der Waals surface area (Å²) in [5.41, 5.74) is 4.06. The fourth-order valence-corrected chi connectivity index (χ4v) is 11.4. The molecular weight excluding hydrogens is 709 g/mol. The molecular formula is C46H52N2O8. The Balaban J connectivity index is 1.02. The number of aliphatic hydroxyl groups excluding tert-OH is 1. The Hall–Kier alpha value is -3.90. The quantitative estimate of drug-likeness (QED) is 0.209. The Labute approximate surface area is 328 Å². The highest BCUT2D eigenvalue weighted by Gasteiger charge is 2.76. The predicted molar refractivity (Wildman–Crippen MR) is 206 cm³/mol. The summed E-state index contributed by atoms with van der Waals surface area (Å²) in [6.07, 6.45) is 5.24. The second kappa shape index (κ2) is 13.3. The number of rotatable bonds is 8. The van der Waals surface area contributed by atoms with Gasteiger partial charge in [0.05, 0.1) is 24.9 Å². The topological polar surface area (TPSA) is 119 Å². The van der Waals surface area contributed by atoms with Crippen LogP contribution >= 0.6 is 0 Å². The second-order valence-electron chi connectivity index (χ2n) is 18.0. The van der Waals surface area contributed by atoms with E-state index in [4.69, 9.17) is 23.8 Å². The summed E-state index contributed by atoms with van der Waals surface area (Å²) in [5.74, 6) is -1.09. The number of allylic oxidation sites excluding steroid dienone is 1. The molecule has 1 amide bonds. The first-order valence-electron chi connectivity index (χ1n) is 20.5. The van der Waals surface area contributed by atoms with E-state index in [0.717, 1.165) is 41.5 Å². The average Bonchev–Trinajstić information content (AvgIpc) is 3.48.